The Balaban J connectivity index is 5.17. The van der Waals surface area contributed by atoms with Crippen LogP contribution in [0, 0.1) is 23.7 Å². The lowest BCUT2D eigenvalue weighted by atomic mass is 10.00. The van der Waals surface area contributed by atoms with Gasteiger partial charge in [-0.15, -0.1) is 0 Å². The highest BCUT2D eigenvalue weighted by Gasteiger charge is 2.30. The van der Waals surface area contributed by atoms with Gasteiger partial charge in [0.1, 0.15) is 19.3 Å². The molecule has 0 aliphatic heterocycles. The van der Waals surface area contributed by atoms with E-state index in [1.165, 1.54) is 173 Å². The number of ether oxygens (including phenoxy) is 4. The van der Waals surface area contributed by atoms with Crippen LogP contribution in [0.25, 0.3) is 0 Å². The molecule has 0 saturated heterocycles. The van der Waals surface area contributed by atoms with Gasteiger partial charge >= 0.3 is 39.5 Å². The molecule has 0 rings (SSSR count). The van der Waals surface area contributed by atoms with Gasteiger partial charge < -0.3 is 33.8 Å². The molecule has 558 valence electrons. The number of phosphoric acid groups is 2. The Hall–Kier alpha value is -1.94. The summed E-state index contributed by atoms with van der Waals surface area (Å²) in [6.07, 6.45) is 49.0. The molecule has 19 heteroatoms. The minimum Gasteiger partial charge on any atom is -0.462 e. The van der Waals surface area contributed by atoms with Crippen LogP contribution in [0.3, 0.4) is 0 Å². The predicted octanol–water partition coefficient (Wildman–Crippen LogP) is 21.7. The Bertz CT molecular complexity index is 1850. The van der Waals surface area contributed by atoms with Crippen LogP contribution in [0.4, 0.5) is 0 Å². The molecular formula is C75H146O17P2. The highest BCUT2D eigenvalue weighted by molar-refractivity contribution is 7.47. The highest BCUT2D eigenvalue weighted by atomic mass is 31.2. The molecular weight excluding hydrogens is 1230 g/mol. The fourth-order valence-electron chi connectivity index (χ4n) is 11.3. The molecule has 6 atom stereocenters. The van der Waals surface area contributed by atoms with Gasteiger partial charge in [0.15, 0.2) is 12.2 Å². The molecule has 0 spiro atoms. The standard InChI is InChI=1S/C75H146O17P2/c1-9-68(8)54-46-38-32-34-40-48-56-73(78)86-62-71(92-75(80)58-50-42-33-31-37-45-53-67(6)7)64-90-94(83,84)88-60-69(76)59-87-93(81,82)89-63-70(91-74(79)57-49-41-30-26-22-18-20-24-28-36-44-52-66(4)5)61-85-72(77)55-47-39-29-25-21-17-15-13-11-10-12-14-16-19-23-27-35-43-51-65(2)3/h65-71,76H,9-64H2,1-8H3,(H,81,82)(H,83,84)/t68?,69-,70-,71-/m1/s1. The van der Waals surface area contributed by atoms with E-state index in [-0.39, 0.29) is 25.7 Å². The van der Waals surface area contributed by atoms with Gasteiger partial charge in [-0.2, -0.15) is 0 Å². The number of rotatable bonds is 72. The first-order valence-electron chi connectivity index (χ1n) is 38.7. The minimum absolute atomic E-state index is 0.101. The maximum absolute atomic E-state index is 13.1. The third kappa shape index (κ3) is 67.3. The quantitative estimate of drug-likeness (QED) is 0.0222. The molecule has 0 aromatic rings. The molecule has 0 aromatic carbocycles. The minimum atomic E-state index is -4.96. The van der Waals surface area contributed by atoms with Crippen molar-refractivity contribution in [2.75, 3.05) is 39.6 Å². The fourth-order valence-corrected chi connectivity index (χ4v) is 12.9. The van der Waals surface area contributed by atoms with Crippen molar-refractivity contribution in [1.29, 1.82) is 0 Å². The summed E-state index contributed by atoms with van der Waals surface area (Å²) in [6, 6.07) is 0. The van der Waals surface area contributed by atoms with Crippen LogP contribution in [-0.2, 0) is 65.4 Å². The van der Waals surface area contributed by atoms with E-state index in [1.54, 1.807) is 0 Å². The second kappa shape index (κ2) is 64.4. The van der Waals surface area contributed by atoms with Crippen molar-refractivity contribution in [3.63, 3.8) is 0 Å². The monoisotopic (exact) mass is 1380 g/mol. The molecule has 94 heavy (non-hydrogen) atoms. The second-order valence-electron chi connectivity index (χ2n) is 28.7. The Morgan fingerprint density at radius 3 is 0.755 bits per heavy atom. The van der Waals surface area contributed by atoms with Crippen LogP contribution in [0.2, 0.25) is 0 Å². The number of aliphatic hydroxyl groups is 1. The molecule has 0 amide bonds. The van der Waals surface area contributed by atoms with E-state index < -0.39 is 97.5 Å². The van der Waals surface area contributed by atoms with E-state index >= 15 is 0 Å². The Labute approximate surface area is 575 Å². The van der Waals surface area contributed by atoms with Gasteiger partial charge in [0, 0.05) is 25.7 Å². The lowest BCUT2D eigenvalue weighted by Gasteiger charge is -2.21. The van der Waals surface area contributed by atoms with Crippen LogP contribution in [0.1, 0.15) is 376 Å². The summed E-state index contributed by atoms with van der Waals surface area (Å²) < 4.78 is 68.4. The molecule has 0 heterocycles. The van der Waals surface area contributed by atoms with Crippen LogP contribution in [0.5, 0.6) is 0 Å². The lowest BCUT2D eigenvalue weighted by molar-refractivity contribution is -0.161. The molecule has 0 aliphatic rings. The summed E-state index contributed by atoms with van der Waals surface area (Å²) in [7, 11) is -9.91. The zero-order valence-corrected chi connectivity index (χ0v) is 63.4. The van der Waals surface area contributed by atoms with E-state index in [2.05, 4.69) is 55.4 Å². The van der Waals surface area contributed by atoms with E-state index in [9.17, 15) is 43.2 Å². The van der Waals surface area contributed by atoms with Crippen molar-refractivity contribution in [3.8, 4) is 0 Å². The van der Waals surface area contributed by atoms with Gasteiger partial charge in [0.05, 0.1) is 26.4 Å². The number of carbonyl (C=O) groups excluding carboxylic acids is 4. The van der Waals surface area contributed by atoms with E-state index in [4.69, 9.17) is 37.0 Å². The summed E-state index contributed by atoms with van der Waals surface area (Å²) in [5.41, 5.74) is 0. The van der Waals surface area contributed by atoms with Gasteiger partial charge in [0.2, 0.25) is 0 Å². The normalized spacial score (nSPS) is 14.4. The summed E-state index contributed by atoms with van der Waals surface area (Å²) >= 11 is 0. The molecule has 0 fully saturated rings. The molecule has 0 aliphatic carbocycles. The molecule has 0 saturated carbocycles. The van der Waals surface area contributed by atoms with Gasteiger partial charge in [-0.3, -0.25) is 37.3 Å². The maximum atomic E-state index is 13.1. The van der Waals surface area contributed by atoms with E-state index in [1.807, 2.05) is 0 Å². The first kappa shape index (κ1) is 92.1. The Morgan fingerprint density at radius 2 is 0.511 bits per heavy atom. The van der Waals surface area contributed by atoms with Crippen LogP contribution in [-0.4, -0.2) is 96.7 Å². The number of aliphatic hydroxyl groups excluding tert-OH is 1. The van der Waals surface area contributed by atoms with Crippen molar-refractivity contribution >= 4 is 39.5 Å². The topological polar surface area (TPSA) is 237 Å². The summed E-state index contributed by atoms with van der Waals surface area (Å²) in [4.78, 5) is 72.6. The third-order valence-electron chi connectivity index (χ3n) is 17.7. The van der Waals surface area contributed by atoms with Gasteiger partial charge in [-0.05, 0) is 49.4 Å². The molecule has 3 unspecified atom stereocenters. The van der Waals surface area contributed by atoms with Crippen molar-refractivity contribution in [2.24, 2.45) is 23.7 Å². The van der Waals surface area contributed by atoms with Gasteiger partial charge in [0.25, 0.3) is 0 Å². The molecule has 0 bridgehead atoms. The van der Waals surface area contributed by atoms with Crippen LogP contribution < -0.4 is 0 Å². The lowest BCUT2D eigenvalue weighted by Crippen LogP contribution is -2.30. The third-order valence-corrected chi connectivity index (χ3v) is 19.6. The van der Waals surface area contributed by atoms with Gasteiger partial charge in [-0.1, -0.05) is 325 Å². The average Bonchev–Trinajstić information content (AvgIpc) is 1.35. The first-order chi connectivity index (χ1) is 45.1. The second-order valence-corrected chi connectivity index (χ2v) is 31.6. The van der Waals surface area contributed by atoms with Crippen molar-refractivity contribution in [2.45, 2.75) is 395 Å². The number of hydrogen-bond donors (Lipinski definition) is 3. The number of carbonyl (C=O) groups is 4. The highest BCUT2D eigenvalue weighted by Crippen LogP contribution is 2.45. The summed E-state index contributed by atoms with van der Waals surface area (Å²) in [6.45, 7) is 14.1. The Morgan fingerprint density at radius 1 is 0.298 bits per heavy atom. The summed E-state index contributed by atoms with van der Waals surface area (Å²) in [5, 5.41) is 10.6. The van der Waals surface area contributed by atoms with E-state index in [0.717, 1.165) is 114 Å². The smallest absolute Gasteiger partial charge is 0.462 e. The zero-order valence-electron chi connectivity index (χ0n) is 61.6. The van der Waals surface area contributed by atoms with Crippen molar-refractivity contribution < 1.29 is 80.2 Å². The maximum Gasteiger partial charge on any atom is 0.472 e. The number of hydrogen-bond acceptors (Lipinski definition) is 15. The zero-order chi connectivity index (χ0) is 69.6. The van der Waals surface area contributed by atoms with E-state index in [0.29, 0.717) is 31.6 Å². The van der Waals surface area contributed by atoms with Crippen molar-refractivity contribution in [3.05, 3.63) is 0 Å². The van der Waals surface area contributed by atoms with Gasteiger partial charge in [-0.25, -0.2) is 9.13 Å². The number of phosphoric ester groups is 2. The van der Waals surface area contributed by atoms with Crippen LogP contribution >= 0.6 is 15.6 Å². The predicted molar refractivity (Wildman–Crippen MR) is 381 cm³/mol. The fraction of sp³-hybridized carbons (Fsp3) is 0.947. The molecule has 3 N–H and O–H groups in total. The SMILES string of the molecule is CCC(C)CCCCCCCCC(=O)OC[C@H](COP(=O)(O)OC[C@H](O)COP(=O)(O)OC[C@@H](COC(=O)CCCCCCCCCCCCCCCCCCCCC(C)C)OC(=O)CCCCCCCCCCCCCC(C)C)OC(=O)CCCCCCCCC(C)C. The van der Waals surface area contributed by atoms with Crippen molar-refractivity contribution in [1.82, 2.24) is 0 Å². The first-order valence-corrected chi connectivity index (χ1v) is 41.7. The number of unbranched alkanes of at least 4 members (excludes halogenated alkanes) is 37. The molecule has 0 aromatic heterocycles. The molecule has 17 nitrogen and oxygen atoms in total. The molecule has 0 radical (unpaired) electrons. The Kier molecular flexibility index (Phi) is 63.1. The largest absolute Gasteiger partial charge is 0.472 e. The number of esters is 4. The average molecular weight is 1380 g/mol. The van der Waals surface area contributed by atoms with Crippen LogP contribution in [0.15, 0.2) is 0 Å². The summed E-state index contributed by atoms with van der Waals surface area (Å²) in [5.74, 6) is 0.860.